The maximum atomic E-state index is 12.3. The van der Waals surface area contributed by atoms with Crippen LogP contribution >= 0.6 is 0 Å². The molecule has 26 heavy (non-hydrogen) atoms. The number of anilines is 1. The van der Waals surface area contributed by atoms with Gasteiger partial charge in [0.1, 0.15) is 5.76 Å². The summed E-state index contributed by atoms with van der Waals surface area (Å²) in [5.74, 6) is 1.33. The van der Waals surface area contributed by atoms with Crippen LogP contribution in [0.1, 0.15) is 47.3 Å². The molecule has 0 unspecified atom stereocenters. The van der Waals surface area contributed by atoms with Crippen molar-refractivity contribution in [2.75, 3.05) is 24.6 Å². The van der Waals surface area contributed by atoms with Gasteiger partial charge >= 0.3 is 0 Å². The maximum Gasteiger partial charge on any atom is 0.273 e. The van der Waals surface area contributed by atoms with E-state index in [0.29, 0.717) is 12.3 Å². The number of carbonyl (C=O) groups is 1. The highest BCUT2D eigenvalue weighted by molar-refractivity contribution is 5.92. The van der Waals surface area contributed by atoms with Gasteiger partial charge in [-0.05, 0) is 12.8 Å². The van der Waals surface area contributed by atoms with Gasteiger partial charge < -0.3 is 19.5 Å². The quantitative estimate of drug-likeness (QED) is 0.886. The minimum Gasteiger partial charge on any atom is -0.376 e. The maximum absolute atomic E-state index is 12.3. The number of carbonyl (C=O) groups excluding carboxylic acids is 1. The third kappa shape index (κ3) is 3.55. The zero-order valence-electron chi connectivity index (χ0n) is 14.9. The molecule has 0 radical (unpaired) electrons. The fraction of sp³-hybridized carbons (Fsp3) is 0.556. The molecule has 1 saturated heterocycles. The normalized spacial score (nSPS) is 17.8. The van der Waals surface area contributed by atoms with Gasteiger partial charge in [-0.2, -0.15) is 0 Å². The number of aromatic nitrogens is 3. The summed E-state index contributed by atoms with van der Waals surface area (Å²) >= 11 is 0. The average Bonchev–Trinajstić information content (AvgIpc) is 3.18. The molecule has 0 spiro atoms. The van der Waals surface area contributed by atoms with Gasteiger partial charge in [-0.3, -0.25) is 4.79 Å². The van der Waals surface area contributed by atoms with Gasteiger partial charge in [0.25, 0.3) is 5.91 Å². The lowest BCUT2D eigenvalue weighted by Crippen LogP contribution is -2.45. The number of rotatable bonds is 4. The van der Waals surface area contributed by atoms with Crippen molar-refractivity contribution < 1.29 is 14.1 Å². The lowest BCUT2D eigenvalue weighted by Gasteiger charge is -2.32. The number of nitrogens with one attached hydrogen (secondary N) is 1. The number of aryl methyl sites for hydroxylation is 1. The van der Waals surface area contributed by atoms with Crippen LogP contribution in [0.4, 0.5) is 5.95 Å². The van der Waals surface area contributed by atoms with E-state index in [1.807, 2.05) is 13.1 Å². The van der Waals surface area contributed by atoms with Gasteiger partial charge in [-0.1, -0.05) is 12.1 Å². The van der Waals surface area contributed by atoms with Crippen LogP contribution in [0.3, 0.4) is 0 Å². The Morgan fingerprint density at radius 3 is 3.00 bits per heavy atom. The number of amides is 1. The van der Waals surface area contributed by atoms with Gasteiger partial charge in [-0.25, -0.2) is 9.97 Å². The minimum atomic E-state index is -0.170. The highest BCUT2D eigenvalue weighted by Crippen LogP contribution is 2.20. The van der Waals surface area contributed by atoms with E-state index in [9.17, 15) is 4.79 Å². The molecule has 4 heterocycles. The summed E-state index contributed by atoms with van der Waals surface area (Å²) in [4.78, 5) is 23.6. The molecule has 0 aromatic carbocycles. The van der Waals surface area contributed by atoms with E-state index < -0.39 is 0 Å². The molecule has 8 nitrogen and oxygen atoms in total. The smallest absolute Gasteiger partial charge is 0.273 e. The van der Waals surface area contributed by atoms with Crippen molar-refractivity contribution >= 4 is 11.9 Å². The molecule has 2 aliphatic rings. The lowest BCUT2D eigenvalue weighted by atomic mass is 10.0. The first kappa shape index (κ1) is 17.0. The second-order valence-corrected chi connectivity index (χ2v) is 6.71. The number of piperidine rings is 1. The van der Waals surface area contributed by atoms with Crippen LogP contribution < -0.4 is 10.2 Å². The van der Waals surface area contributed by atoms with Crippen LogP contribution in [0.25, 0.3) is 0 Å². The Bertz CT molecular complexity index is 783. The molecule has 1 fully saturated rings. The summed E-state index contributed by atoms with van der Waals surface area (Å²) < 4.78 is 10.5. The number of hydrogen-bond acceptors (Lipinski definition) is 7. The van der Waals surface area contributed by atoms with Crippen LogP contribution in [-0.4, -0.2) is 46.8 Å². The molecule has 138 valence electrons. The number of ether oxygens (including phenoxy) is 1. The molecular formula is C18H23N5O3. The van der Waals surface area contributed by atoms with Crippen LogP contribution in [0.15, 0.2) is 16.8 Å². The largest absolute Gasteiger partial charge is 0.376 e. The van der Waals surface area contributed by atoms with Crippen molar-refractivity contribution in [1.82, 2.24) is 20.4 Å². The number of nitrogens with zero attached hydrogens (tertiary/aromatic N) is 4. The first-order valence-corrected chi connectivity index (χ1v) is 9.17. The SMILES string of the molecule is CCc1cc(C(=O)NC2CCN(c3ncc4c(n3)CCOC4)CC2)no1. The summed E-state index contributed by atoms with van der Waals surface area (Å²) in [5.41, 5.74) is 2.53. The first-order chi connectivity index (χ1) is 12.7. The molecule has 0 atom stereocenters. The molecule has 1 N–H and O–H groups in total. The fourth-order valence-corrected chi connectivity index (χ4v) is 3.34. The predicted octanol–water partition coefficient (Wildman–Crippen LogP) is 1.50. The predicted molar refractivity (Wildman–Crippen MR) is 94.0 cm³/mol. The van der Waals surface area contributed by atoms with Gasteiger partial charge in [-0.15, -0.1) is 0 Å². The second kappa shape index (κ2) is 7.41. The summed E-state index contributed by atoms with van der Waals surface area (Å²) in [6, 6.07) is 1.83. The Kier molecular flexibility index (Phi) is 4.83. The van der Waals surface area contributed by atoms with Crippen LogP contribution in [-0.2, 0) is 24.2 Å². The lowest BCUT2D eigenvalue weighted by molar-refractivity contribution is 0.0922. The number of hydrogen-bond donors (Lipinski definition) is 1. The Hall–Kier alpha value is -2.48. The Labute approximate surface area is 151 Å². The van der Waals surface area contributed by atoms with Gasteiger partial charge in [0.15, 0.2) is 5.69 Å². The standard InChI is InChI=1S/C18H23N5O3/c1-2-14-9-16(22-26-14)17(24)20-13-3-6-23(7-4-13)18-19-10-12-11-25-8-5-15(12)21-18/h9-10,13H,2-8,11H2,1H3,(H,20,24). The van der Waals surface area contributed by atoms with Crippen molar-refractivity contribution in [2.24, 2.45) is 0 Å². The molecule has 0 aliphatic carbocycles. The molecule has 2 aromatic rings. The van der Waals surface area contributed by atoms with Crippen molar-refractivity contribution in [2.45, 2.75) is 45.3 Å². The second-order valence-electron chi connectivity index (χ2n) is 6.71. The van der Waals surface area contributed by atoms with E-state index >= 15 is 0 Å². The molecule has 0 bridgehead atoms. The topological polar surface area (TPSA) is 93.4 Å². The molecule has 1 amide bonds. The zero-order chi connectivity index (χ0) is 17.9. The third-order valence-corrected chi connectivity index (χ3v) is 4.94. The fourth-order valence-electron chi connectivity index (χ4n) is 3.34. The van der Waals surface area contributed by atoms with Crippen LogP contribution in [0.2, 0.25) is 0 Å². The molecule has 2 aromatic heterocycles. The first-order valence-electron chi connectivity index (χ1n) is 9.17. The Morgan fingerprint density at radius 1 is 1.38 bits per heavy atom. The van der Waals surface area contributed by atoms with Gasteiger partial charge in [0.2, 0.25) is 5.95 Å². The highest BCUT2D eigenvalue weighted by Gasteiger charge is 2.24. The molecule has 0 saturated carbocycles. The van der Waals surface area contributed by atoms with E-state index in [4.69, 9.17) is 14.2 Å². The molecular weight excluding hydrogens is 334 g/mol. The highest BCUT2D eigenvalue weighted by atomic mass is 16.5. The van der Waals surface area contributed by atoms with Crippen LogP contribution in [0, 0.1) is 0 Å². The summed E-state index contributed by atoms with van der Waals surface area (Å²) in [6.45, 7) is 4.93. The van der Waals surface area contributed by atoms with E-state index in [2.05, 4.69) is 20.4 Å². The van der Waals surface area contributed by atoms with Gasteiger partial charge in [0.05, 0.1) is 18.9 Å². The summed E-state index contributed by atoms with van der Waals surface area (Å²) in [6.07, 6.45) is 5.16. The monoisotopic (exact) mass is 357 g/mol. The molecule has 8 heteroatoms. The van der Waals surface area contributed by atoms with Crippen molar-refractivity contribution in [3.8, 4) is 0 Å². The summed E-state index contributed by atoms with van der Waals surface area (Å²) in [5, 5.41) is 6.88. The minimum absolute atomic E-state index is 0.131. The Morgan fingerprint density at radius 2 is 2.23 bits per heavy atom. The zero-order valence-corrected chi connectivity index (χ0v) is 14.9. The number of fused-ring (bicyclic) bond motifs is 1. The summed E-state index contributed by atoms with van der Waals surface area (Å²) in [7, 11) is 0. The average molecular weight is 357 g/mol. The van der Waals surface area contributed by atoms with E-state index in [1.165, 1.54) is 0 Å². The van der Waals surface area contributed by atoms with Gasteiger partial charge in [0, 0.05) is 49.8 Å². The molecule has 4 rings (SSSR count). The molecule has 2 aliphatic heterocycles. The van der Waals surface area contributed by atoms with E-state index in [1.54, 1.807) is 6.07 Å². The van der Waals surface area contributed by atoms with Crippen molar-refractivity contribution in [1.29, 1.82) is 0 Å². The van der Waals surface area contributed by atoms with E-state index in [-0.39, 0.29) is 11.9 Å². The van der Waals surface area contributed by atoms with Crippen LogP contribution in [0.5, 0.6) is 0 Å². The van der Waals surface area contributed by atoms with E-state index in [0.717, 1.165) is 68.3 Å². The Balaban J connectivity index is 1.33. The third-order valence-electron chi connectivity index (χ3n) is 4.94. The van der Waals surface area contributed by atoms with Crippen molar-refractivity contribution in [3.05, 3.63) is 35.0 Å². The van der Waals surface area contributed by atoms with Crippen molar-refractivity contribution in [3.63, 3.8) is 0 Å².